The normalized spacial score (nSPS) is 21.0. The van der Waals surface area contributed by atoms with Gasteiger partial charge >= 0.3 is 0 Å². The Morgan fingerprint density at radius 1 is 1.28 bits per heavy atom. The van der Waals surface area contributed by atoms with Gasteiger partial charge in [0.05, 0.1) is 18.8 Å². The zero-order valence-corrected chi connectivity index (χ0v) is 17.1. The second-order valence-electron chi connectivity index (χ2n) is 6.91. The molecule has 0 amide bonds. The van der Waals surface area contributed by atoms with Crippen LogP contribution in [0.25, 0.3) is 0 Å². The molecule has 1 unspecified atom stereocenters. The van der Waals surface area contributed by atoms with Gasteiger partial charge in [0.2, 0.25) is 5.89 Å². The lowest BCUT2D eigenvalue weighted by atomic mass is 9.93. The molecule has 1 atom stereocenters. The summed E-state index contributed by atoms with van der Waals surface area (Å²) in [5, 5.41) is 6.72. The molecule has 0 radical (unpaired) electrons. The van der Waals surface area contributed by atoms with Gasteiger partial charge in [-0.3, -0.25) is 4.90 Å². The maximum absolute atomic E-state index is 5.84. The summed E-state index contributed by atoms with van der Waals surface area (Å²) in [4.78, 5) is 11.6. The topological polar surface area (TPSA) is 54.2 Å². The summed E-state index contributed by atoms with van der Waals surface area (Å²) in [5.41, 5.74) is 1.51. The maximum Gasteiger partial charge on any atom is 0.208 e. The Bertz CT molecular complexity index is 651. The van der Waals surface area contributed by atoms with E-state index in [9.17, 15) is 0 Å². The highest BCUT2D eigenvalue weighted by Crippen LogP contribution is 2.56. The Morgan fingerprint density at radius 2 is 2.04 bits per heavy atom. The Labute approximate surface area is 165 Å². The molecule has 2 fully saturated rings. The van der Waals surface area contributed by atoms with Gasteiger partial charge in [0, 0.05) is 17.6 Å². The van der Waals surface area contributed by atoms with E-state index >= 15 is 0 Å². The SMILES string of the molecule is Cc1nc(CN(Cc2nccs2)C2CC23CCNCC3)oc1C.Cl.Cl. The molecule has 1 saturated carbocycles. The molecule has 1 aliphatic carbocycles. The van der Waals surface area contributed by atoms with E-state index in [1.54, 1.807) is 11.3 Å². The molecular formula is C17H26Cl2N4OS. The molecule has 8 heteroatoms. The zero-order valence-electron chi connectivity index (χ0n) is 14.7. The lowest BCUT2D eigenvalue weighted by molar-refractivity contribution is 0.172. The number of oxazole rings is 1. The first-order chi connectivity index (χ1) is 11.2. The zero-order chi connectivity index (χ0) is 15.9. The van der Waals surface area contributed by atoms with Gasteiger partial charge < -0.3 is 9.73 Å². The monoisotopic (exact) mass is 404 g/mol. The summed E-state index contributed by atoms with van der Waals surface area (Å²) >= 11 is 1.73. The van der Waals surface area contributed by atoms with E-state index in [0.29, 0.717) is 11.5 Å². The van der Waals surface area contributed by atoms with Crippen LogP contribution >= 0.6 is 36.2 Å². The quantitative estimate of drug-likeness (QED) is 0.822. The second kappa shape index (κ2) is 8.35. The largest absolute Gasteiger partial charge is 0.444 e. The van der Waals surface area contributed by atoms with Crippen molar-refractivity contribution in [2.45, 2.75) is 52.2 Å². The van der Waals surface area contributed by atoms with Crippen molar-refractivity contribution in [1.82, 2.24) is 20.2 Å². The number of thiazole rings is 1. The predicted molar refractivity (Wildman–Crippen MR) is 105 cm³/mol. The van der Waals surface area contributed by atoms with Gasteiger partial charge in [0.1, 0.15) is 10.8 Å². The number of piperidine rings is 1. The van der Waals surface area contributed by atoms with Crippen LogP contribution in [0.2, 0.25) is 0 Å². The van der Waals surface area contributed by atoms with E-state index in [0.717, 1.165) is 43.5 Å². The van der Waals surface area contributed by atoms with Crippen LogP contribution in [0, 0.1) is 19.3 Å². The summed E-state index contributed by atoms with van der Waals surface area (Å²) in [6.07, 6.45) is 5.77. The fraction of sp³-hybridized carbons (Fsp3) is 0.647. The minimum absolute atomic E-state index is 0. The minimum atomic E-state index is 0. The smallest absolute Gasteiger partial charge is 0.208 e. The van der Waals surface area contributed by atoms with Crippen molar-refractivity contribution in [3.05, 3.63) is 33.9 Å². The molecule has 140 valence electrons. The van der Waals surface area contributed by atoms with Crippen LogP contribution in [-0.4, -0.2) is 34.0 Å². The van der Waals surface area contributed by atoms with Crippen molar-refractivity contribution in [1.29, 1.82) is 0 Å². The van der Waals surface area contributed by atoms with Gasteiger partial charge in [0.15, 0.2) is 0 Å². The second-order valence-corrected chi connectivity index (χ2v) is 7.89. The van der Waals surface area contributed by atoms with E-state index < -0.39 is 0 Å². The summed E-state index contributed by atoms with van der Waals surface area (Å²) < 4.78 is 5.84. The van der Waals surface area contributed by atoms with E-state index in [4.69, 9.17) is 4.42 Å². The van der Waals surface area contributed by atoms with Gasteiger partial charge in [-0.15, -0.1) is 36.2 Å². The van der Waals surface area contributed by atoms with Gasteiger partial charge in [-0.25, -0.2) is 9.97 Å². The Balaban J connectivity index is 0.00000113. The summed E-state index contributed by atoms with van der Waals surface area (Å²) in [6, 6.07) is 0.640. The standard InChI is InChI=1S/C17H24N4OS.2ClH/c1-12-13(2)22-15(20-12)10-21(11-16-19-7-8-23-16)14-9-17(14)3-5-18-6-4-17;;/h7-8,14,18H,3-6,9-11H2,1-2H3;2*1H. The number of hydrogen-bond donors (Lipinski definition) is 1. The molecule has 2 aliphatic rings. The van der Waals surface area contributed by atoms with Crippen molar-refractivity contribution in [3.8, 4) is 0 Å². The Morgan fingerprint density at radius 3 is 2.64 bits per heavy atom. The molecule has 5 nitrogen and oxygen atoms in total. The average Bonchev–Trinajstić information content (AvgIpc) is 2.87. The molecule has 0 bridgehead atoms. The fourth-order valence-corrected chi connectivity index (χ4v) is 4.51. The number of halogens is 2. The number of aryl methyl sites for hydroxylation is 2. The van der Waals surface area contributed by atoms with E-state index in [-0.39, 0.29) is 24.8 Å². The molecule has 1 saturated heterocycles. The van der Waals surface area contributed by atoms with E-state index in [2.05, 4.69) is 25.6 Å². The van der Waals surface area contributed by atoms with Crippen LogP contribution in [0.3, 0.4) is 0 Å². The van der Waals surface area contributed by atoms with Crippen LogP contribution in [-0.2, 0) is 13.1 Å². The first kappa shape index (κ1) is 20.6. The van der Waals surface area contributed by atoms with Crippen LogP contribution in [0.1, 0.15) is 41.6 Å². The molecule has 0 aromatic carbocycles. The molecule has 3 heterocycles. The average molecular weight is 405 g/mol. The summed E-state index contributed by atoms with van der Waals surface area (Å²) in [7, 11) is 0. The third-order valence-corrected chi connectivity index (χ3v) is 6.18. The number of nitrogens with zero attached hydrogens (tertiary/aromatic N) is 3. The number of aromatic nitrogens is 2. The van der Waals surface area contributed by atoms with Crippen LogP contribution < -0.4 is 5.32 Å². The van der Waals surface area contributed by atoms with Crippen molar-refractivity contribution in [2.24, 2.45) is 5.41 Å². The van der Waals surface area contributed by atoms with Crippen molar-refractivity contribution < 1.29 is 4.42 Å². The van der Waals surface area contributed by atoms with Gasteiger partial charge in [0.25, 0.3) is 0 Å². The van der Waals surface area contributed by atoms with Crippen LogP contribution in [0.5, 0.6) is 0 Å². The molecule has 1 N–H and O–H groups in total. The molecule has 4 rings (SSSR count). The van der Waals surface area contributed by atoms with Gasteiger partial charge in [-0.2, -0.15) is 0 Å². The third-order valence-electron chi connectivity index (χ3n) is 5.42. The Hall–Kier alpha value is -0.660. The molecular weight excluding hydrogens is 379 g/mol. The third kappa shape index (κ3) is 4.37. The van der Waals surface area contributed by atoms with E-state index in [1.165, 1.54) is 24.3 Å². The van der Waals surface area contributed by atoms with Crippen molar-refractivity contribution in [3.63, 3.8) is 0 Å². The number of rotatable bonds is 5. The minimum Gasteiger partial charge on any atom is -0.444 e. The first-order valence-corrected chi connectivity index (χ1v) is 9.30. The van der Waals surface area contributed by atoms with Crippen LogP contribution in [0.4, 0.5) is 0 Å². The lowest BCUT2D eigenvalue weighted by Gasteiger charge is -2.28. The first-order valence-electron chi connectivity index (χ1n) is 8.42. The van der Waals surface area contributed by atoms with Gasteiger partial charge in [-0.05, 0) is 51.6 Å². The predicted octanol–water partition coefficient (Wildman–Crippen LogP) is 3.74. The van der Waals surface area contributed by atoms with Crippen molar-refractivity contribution in [2.75, 3.05) is 13.1 Å². The molecule has 1 spiro atoms. The van der Waals surface area contributed by atoms with E-state index in [1.807, 2.05) is 20.0 Å². The highest BCUT2D eigenvalue weighted by Gasteiger charge is 2.56. The molecule has 1 aliphatic heterocycles. The molecule has 2 aromatic rings. The van der Waals surface area contributed by atoms with Gasteiger partial charge in [-0.1, -0.05) is 0 Å². The number of hydrogen-bond acceptors (Lipinski definition) is 6. The molecule has 25 heavy (non-hydrogen) atoms. The maximum atomic E-state index is 5.84. The molecule has 2 aromatic heterocycles. The summed E-state index contributed by atoms with van der Waals surface area (Å²) in [6.45, 7) is 7.99. The lowest BCUT2D eigenvalue weighted by Crippen LogP contribution is -2.35. The van der Waals surface area contributed by atoms with Crippen LogP contribution in [0.15, 0.2) is 16.0 Å². The Kier molecular flexibility index (Phi) is 6.90. The van der Waals surface area contributed by atoms with Crippen molar-refractivity contribution >= 4 is 36.2 Å². The summed E-state index contributed by atoms with van der Waals surface area (Å²) in [5.74, 6) is 1.77. The number of nitrogens with one attached hydrogen (secondary N) is 1. The fourth-order valence-electron chi connectivity index (χ4n) is 3.87. The highest BCUT2D eigenvalue weighted by molar-refractivity contribution is 7.09. The highest BCUT2D eigenvalue weighted by atomic mass is 35.5.